The Balaban J connectivity index is 1.80. The summed E-state index contributed by atoms with van der Waals surface area (Å²) >= 11 is 2.00. The molecule has 0 amide bonds. The minimum absolute atomic E-state index is 0.163. The first-order valence-corrected chi connectivity index (χ1v) is 11.3. The van der Waals surface area contributed by atoms with E-state index in [1.165, 1.54) is 0 Å². The van der Waals surface area contributed by atoms with Gasteiger partial charge in [0, 0.05) is 50.8 Å². The molecule has 6 nitrogen and oxygen atoms in total. The van der Waals surface area contributed by atoms with Crippen LogP contribution in [0.1, 0.15) is 26.2 Å². The van der Waals surface area contributed by atoms with Crippen LogP contribution in [-0.4, -0.2) is 80.1 Å². The fraction of sp³-hybridized carbons (Fsp3) is 0.933. The molecule has 1 atom stereocenters. The van der Waals surface area contributed by atoms with Gasteiger partial charge in [0.1, 0.15) is 0 Å². The van der Waals surface area contributed by atoms with Crippen molar-refractivity contribution in [3.8, 4) is 0 Å². The molecule has 2 heterocycles. The molecule has 25 heavy (non-hydrogen) atoms. The molecule has 0 aromatic heterocycles. The highest BCUT2D eigenvalue weighted by atomic mass is 32.2. The molecule has 1 unspecified atom stereocenters. The van der Waals surface area contributed by atoms with Crippen molar-refractivity contribution in [1.29, 1.82) is 0 Å². The molecular formula is C15H28F2N4O2S2. The topological polar surface area (TPSA) is 65.0 Å². The van der Waals surface area contributed by atoms with Gasteiger partial charge < -0.3 is 10.2 Å². The summed E-state index contributed by atoms with van der Waals surface area (Å²) in [6.07, 6.45) is 2.31. The molecular weight excluding hydrogens is 370 g/mol. The Morgan fingerprint density at radius 2 is 2.00 bits per heavy atom. The summed E-state index contributed by atoms with van der Waals surface area (Å²) < 4.78 is 49.1. The third-order valence-corrected chi connectivity index (χ3v) is 7.72. The first-order chi connectivity index (χ1) is 11.9. The van der Waals surface area contributed by atoms with E-state index in [-0.39, 0.29) is 19.0 Å². The number of nitrogens with zero attached hydrogens (tertiary/aromatic N) is 3. The summed E-state index contributed by atoms with van der Waals surface area (Å²) in [5, 5.41) is 4.00. The van der Waals surface area contributed by atoms with Crippen LogP contribution in [0.15, 0.2) is 4.99 Å². The summed E-state index contributed by atoms with van der Waals surface area (Å²) in [4.78, 5) is 6.62. The fourth-order valence-electron chi connectivity index (χ4n) is 3.21. The van der Waals surface area contributed by atoms with Crippen molar-refractivity contribution in [3.05, 3.63) is 0 Å². The molecule has 2 aliphatic heterocycles. The van der Waals surface area contributed by atoms with Crippen LogP contribution >= 0.6 is 11.8 Å². The van der Waals surface area contributed by atoms with Gasteiger partial charge in [-0.3, -0.25) is 4.99 Å². The smallest absolute Gasteiger partial charge is 0.350 e. The van der Waals surface area contributed by atoms with Gasteiger partial charge in [0.2, 0.25) is 0 Å². The van der Waals surface area contributed by atoms with E-state index in [1.807, 2.05) is 11.8 Å². The first kappa shape index (κ1) is 20.7. The first-order valence-electron chi connectivity index (χ1n) is 8.72. The Morgan fingerprint density at radius 3 is 2.56 bits per heavy atom. The summed E-state index contributed by atoms with van der Waals surface area (Å²) in [6.45, 7) is 5.15. The number of guanidine groups is 1. The average Bonchev–Trinajstić information content (AvgIpc) is 2.62. The van der Waals surface area contributed by atoms with Gasteiger partial charge in [-0.1, -0.05) is 6.92 Å². The van der Waals surface area contributed by atoms with Crippen molar-refractivity contribution in [2.75, 3.05) is 45.5 Å². The predicted molar refractivity (Wildman–Crippen MR) is 98.7 cm³/mol. The van der Waals surface area contributed by atoms with Crippen LogP contribution in [-0.2, 0) is 10.0 Å². The average molecular weight is 399 g/mol. The number of nitrogens with one attached hydrogen (secondary N) is 1. The molecule has 0 radical (unpaired) electrons. The van der Waals surface area contributed by atoms with Crippen molar-refractivity contribution >= 4 is 27.7 Å². The molecule has 0 aromatic carbocycles. The van der Waals surface area contributed by atoms with Crippen LogP contribution in [0.5, 0.6) is 0 Å². The number of halogens is 2. The van der Waals surface area contributed by atoms with Gasteiger partial charge in [-0.25, -0.2) is 8.42 Å². The maximum absolute atomic E-state index is 12.6. The van der Waals surface area contributed by atoms with Gasteiger partial charge >= 0.3 is 5.76 Å². The van der Waals surface area contributed by atoms with Crippen molar-refractivity contribution in [1.82, 2.24) is 14.5 Å². The Kier molecular flexibility index (Phi) is 7.75. The molecule has 2 aliphatic rings. The lowest BCUT2D eigenvalue weighted by Gasteiger charge is -2.36. The molecule has 0 spiro atoms. The van der Waals surface area contributed by atoms with E-state index in [1.54, 1.807) is 7.05 Å². The molecule has 0 aliphatic carbocycles. The highest BCUT2D eigenvalue weighted by Gasteiger charge is 2.34. The number of hydrogen-bond acceptors (Lipinski definition) is 4. The molecule has 0 aromatic rings. The number of thioether (sulfide) groups is 1. The van der Waals surface area contributed by atoms with Gasteiger partial charge in [0.15, 0.2) is 5.96 Å². The molecule has 0 bridgehead atoms. The zero-order chi connectivity index (χ0) is 18.4. The largest absolute Gasteiger partial charge is 0.356 e. The second-order valence-corrected chi connectivity index (χ2v) is 9.73. The maximum Gasteiger partial charge on any atom is 0.350 e. The summed E-state index contributed by atoms with van der Waals surface area (Å²) in [5.74, 6) is -1.10. The molecule has 146 valence electrons. The Bertz CT molecular complexity index is 552. The molecule has 2 saturated heterocycles. The van der Waals surface area contributed by atoms with E-state index in [4.69, 9.17) is 0 Å². The minimum Gasteiger partial charge on any atom is -0.356 e. The normalized spacial score (nSPS) is 24.8. The second-order valence-electron chi connectivity index (χ2n) is 6.42. The molecule has 0 saturated carbocycles. The Morgan fingerprint density at radius 1 is 1.32 bits per heavy atom. The Hall–Kier alpha value is -0.610. The number of alkyl halides is 2. The highest BCUT2D eigenvalue weighted by molar-refractivity contribution is 8.00. The number of aliphatic imine (C=N–C) groups is 1. The van der Waals surface area contributed by atoms with E-state index in [0.717, 1.165) is 35.5 Å². The van der Waals surface area contributed by atoms with E-state index >= 15 is 0 Å². The van der Waals surface area contributed by atoms with E-state index in [2.05, 4.69) is 22.1 Å². The number of rotatable bonds is 5. The maximum atomic E-state index is 12.6. The lowest BCUT2D eigenvalue weighted by Crippen LogP contribution is -2.50. The van der Waals surface area contributed by atoms with E-state index in [0.29, 0.717) is 24.6 Å². The van der Waals surface area contributed by atoms with Crippen molar-refractivity contribution in [3.63, 3.8) is 0 Å². The zero-order valence-electron chi connectivity index (χ0n) is 14.8. The number of hydrogen-bond donors (Lipinski definition) is 1. The third-order valence-electron chi connectivity index (χ3n) is 4.81. The second kappa shape index (κ2) is 9.36. The van der Waals surface area contributed by atoms with Crippen molar-refractivity contribution in [2.24, 2.45) is 10.9 Å². The van der Waals surface area contributed by atoms with Crippen LogP contribution in [0.3, 0.4) is 0 Å². The fourth-order valence-corrected chi connectivity index (χ4v) is 5.33. The van der Waals surface area contributed by atoms with Crippen LogP contribution in [0.4, 0.5) is 8.78 Å². The third kappa shape index (κ3) is 5.43. The van der Waals surface area contributed by atoms with Gasteiger partial charge in [-0.2, -0.15) is 24.8 Å². The Labute approximate surface area is 153 Å². The van der Waals surface area contributed by atoms with Crippen molar-refractivity contribution in [2.45, 2.75) is 37.2 Å². The SMILES string of the molecule is CCC1CN(C(=NC)NCC2CCN(S(=O)(=O)C(F)F)CC2)CCS1. The van der Waals surface area contributed by atoms with E-state index in [9.17, 15) is 17.2 Å². The molecule has 2 fully saturated rings. The van der Waals surface area contributed by atoms with Gasteiger partial charge in [0.05, 0.1) is 0 Å². The molecule has 10 heteroatoms. The summed E-state index contributed by atoms with van der Waals surface area (Å²) in [6, 6.07) is 0. The lowest BCUT2D eigenvalue weighted by atomic mass is 9.98. The minimum atomic E-state index is -4.44. The van der Waals surface area contributed by atoms with Crippen LogP contribution in [0.25, 0.3) is 0 Å². The summed E-state index contributed by atoms with van der Waals surface area (Å²) in [7, 11) is -2.67. The van der Waals surface area contributed by atoms with Crippen LogP contribution in [0, 0.1) is 5.92 Å². The highest BCUT2D eigenvalue weighted by Crippen LogP contribution is 2.23. The number of sulfonamides is 1. The van der Waals surface area contributed by atoms with Crippen molar-refractivity contribution < 1.29 is 17.2 Å². The van der Waals surface area contributed by atoms with Gasteiger partial charge in [-0.05, 0) is 25.2 Å². The zero-order valence-corrected chi connectivity index (χ0v) is 16.5. The van der Waals surface area contributed by atoms with E-state index < -0.39 is 15.8 Å². The summed E-state index contributed by atoms with van der Waals surface area (Å²) in [5.41, 5.74) is 0. The van der Waals surface area contributed by atoms with Crippen LogP contribution < -0.4 is 5.32 Å². The van der Waals surface area contributed by atoms with Gasteiger partial charge in [-0.15, -0.1) is 0 Å². The number of piperidine rings is 1. The van der Waals surface area contributed by atoms with Gasteiger partial charge in [0.25, 0.3) is 10.0 Å². The standard InChI is InChI=1S/C15H28F2N4O2S2/c1-3-13-11-20(8-9-24-13)15(18-2)19-10-12-4-6-21(7-5-12)25(22,23)14(16)17/h12-14H,3-11H2,1-2H3,(H,18,19). The quantitative estimate of drug-likeness (QED) is 0.564. The molecule has 2 rings (SSSR count). The molecule has 1 N–H and O–H groups in total. The monoisotopic (exact) mass is 398 g/mol. The van der Waals surface area contributed by atoms with Crippen LogP contribution in [0.2, 0.25) is 0 Å². The predicted octanol–water partition coefficient (Wildman–Crippen LogP) is 1.65. The lowest BCUT2D eigenvalue weighted by molar-refractivity contribution is 0.203.